The van der Waals surface area contributed by atoms with E-state index >= 15 is 0 Å². The van der Waals surface area contributed by atoms with E-state index in [2.05, 4.69) is 23.7 Å². The smallest absolute Gasteiger partial charge is 0.184 e. The Balaban J connectivity index is 2.48. The highest BCUT2D eigenvalue weighted by molar-refractivity contribution is 6.20. The van der Waals surface area contributed by atoms with Crippen LogP contribution >= 0.6 is 11.6 Å². The molecular weight excluding hydrogens is 296 g/mol. The van der Waals surface area contributed by atoms with Gasteiger partial charge in [-0.2, -0.15) is 0 Å². The number of rotatable bonds is 5. The number of halogens is 3. The van der Waals surface area contributed by atoms with E-state index in [0.717, 1.165) is 6.07 Å². The lowest BCUT2D eigenvalue weighted by Crippen LogP contribution is -2.30. The molecule has 1 aromatic carbocycles. The maximum atomic E-state index is 14.1. The first-order valence-corrected chi connectivity index (χ1v) is 7.45. The molecule has 0 N–H and O–H groups in total. The number of benzene rings is 1. The number of likely N-dealkylation sites (N-methyl/N-ethyl adjacent to an activating group) is 1. The van der Waals surface area contributed by atoms with Crippen molar-refractivity contribution in [1.82, 2.24) is 14.5 Å². The number of hydrogen-bond acceptors (Lipinski definition) is 2. The standard InChI is InChI=1S/C15H20ClF2N3/c1-9(2)20(4)7-8-21-14-12(19-15(21)10(3)16)6-5-11(17)13(14)18/h5-6,9-10H,7-8H2,1-4H3. The molecule has 0 saturated heterocycles. The maximum absolute atomic E-state index is 14.1. The van der Waals surface area contributed by atoms with Crippen molar-refractivity contribution in [1.29, 1.82) is 0 Å². The molecule has 0 fully saturated rings. The van der Waals surface area contributed by atoms with Crippen molar-refractivity contribution in [2.24, 2.45) is 0 Å². The van der Waals surface area contributed by atoms with Crippen molar-refractivity contribution >= 4 is 22.6 Å². The Kier molecular flexibility index (Phi) is 4.84. The Labute approximate surface area is 128 Å². The average molecular weight is 316 g/mol. The van der Waals surface area contributed by atoms with Crippen LogP contribution in [0.15, 0.2) is 12.1 Å². The first-order chi connectivity index (χ1) is 9.82. The van der Waals surface area contributed by atoms with Gasteiger partial charge in [-0.25, -0.2) is 13.8 Å². The van der Waals surface area contributed by atoms with Crippen molar-refractivity contribution in [3.05, 3.63) is 29.6 Å². The minimum Gasteiger partial charge on any atom is -0.323 e. The first-order valence-electron chi connectivity index (χ1n) is 7.01. The van der Waals surface area contributed by atoms with Crippen LogP contribution in [0.5, 0.6) is 0 Å². The number of alkyl halides is 1. The largest absolute Gasteiger partial charge is 0.323 e. The van der Waals surface area contributed by atoms with Crippen LogP contribution in [0.2, 0.25) is 0 Å². The number of fused-ring (bicyclic) bond motifs is 1. The Hall–Kier alpha value is -1.20. The van der Waals surface area contributed by atoms with E-state index in [4.69, 9.17) is 11.6 Å². The summed E-state index contributed by atoms with van der Waals surface area (Å²) in [7, 11) is 1.99. The summed E-state index contributed by atoms with van der Waals surface area (Å²) < 4.78 is 29.3. The topological polar surface area (TPSA) is 21.1 Å². The average Bonchev–Trinajstić information content (AvgIpc) is 2.79. The Morgan fingerprint density at radius 2 is 1.95 bits per heavy atom. The fourth-order valence-corrected chi connectivity index (χ4v) is 2.39. The summed E-state index contributed by atoms with van der Waals surface area (Å²) in [5, 5.41) is -0.371. The van der Waals surface area contributed by atoms with E-state index in [0.29, 0.717) is 30.5 Å². The molecule has 0 spiro atoms. The Morgan fingerprint density at radius 1 is 1.29 bits per heavy atom. The SMILES string of the molecule is CC(Cl)c1nc2ccc(F)c(F)c2n1CCN(C)C(C)C. The molecule has 1 aromatic heterocycles. The third-order valence-electron chi connectivity index (χ3n) is 3.74. The second-order valence-electron chi connectivity index (χ2n) is 5.54. The summed E-state index contributed by atoms with van der Waals surface area (Å²) in [6.07, 6.45) is 0. The van der Waals surface area contributed by atoms with Crippen molar-refractivity contribution in [3.8, 4) is 0 Å². The van der Waals surface area contributed by atoms with Crippen LogP contribution in [0.3, 0.4) is 0 Å². The molecule has 3 nitrogen and oxygen atoms in total. The third-order valence-corrected chi connectivity index (χ3v) is 3.94. The normalized spacial score (nSPS) is 13.6. The molecule has 0 saturated carbocycles. The molecule has 0 bridgehead atoms. The van der Waals surface area contributed by atoms with Gasteiger partial charge in [-0.1, -0.05) is 0 Å². The summed E-state index contributed by atoms with van der Waals surface area (Å²) in [4.78, 5) is 6.47. The predicted octanol–water partition coefficient (Wildman–Crippen LogP) is 3.95. The molecule has 0 radical (unpaired) electrons. The van der Waals surface area contributed by atoms with Gasteiger partial charge in [-0.05, 0) is 40.0 Å². The highest BCUT2D eigenvalue weighted by atomic mass is 35.5. The molecular formula is C15H20ClF2N3. The first kappa shape index (κ1) is 16.2. The van der Waals surface area contributed by atoms with Crippen LogP contribution in [0.1, 0.15) is 32.0 Å². The van der Waals surface area contributed by atoms with Crippen LogP contribution in [0.25, 0.3) is 11.0 Å². The second kappa shape index (κ2) is 6.28. The van der Waals surface area contributed by atoms with Crippen LogP contribution in [0.4, 0.5) is 8.78 Å². The number of aromatic nitrogens is 2. The molecule has 21 heavy (non-hydrogen) atoms. The van der Waals surface area contributed by atoms with E-state index in [9.17, 15) is 8.78 Å². The van der Waals surface area contributed by atoms with Crippen molar-refractivity contribution < 1.29 is 8.78 Å². The minimum atomic E-state index is -0.866. The van der Waals surface area contributed by atoms with Gasteiger partial charge < -0.3 is 9.47 Å². The third kappa shape index (κ3) is 3.19. The zero-order valence-corrected chi connectivity index (χ0v) is 13.5. The Bertz CT molecular complexity index is 637. The molecule has 1 unspecified atom stereocenters. The second-order valence-corrected chi connectivity index (χ2v) is 6.20. The minimum absolute atomic E-state index is 0.189. The highest BCUT2D eigenvalue weighted by Gasteiger charge is 2.20. The zero-order valence-electron chi connectivity index (χ0n) is 12.7. The molecule has 0 aliphatic rings. The molecule has 2 aromatic rings. The highest BCUT2D eigenvalue weighted by Crippen LogP contribution is 2.27. The van der Waals surface area contributed by atoms with Gasteiger partial charge >= 0.3 is 0 Å². The lowest BCUT2D eigenvalue weighted by Gasteiger charge is -2.22. The van der Waals surface area contributed by atoms with Crippen LogP contribution < -0.4 is 0 Å². The number of imidazole rings is 1. The van der Waals surface area contributed by atoms with Crippen LogP contribution in [0, 0.1) is 11.6 Å². The fraction of sp³-hybridized carbons (Fsp3) is 0.533. The van der Waals surface area contributed by atoms with Gasteiger partial charge in [0, 0.05) is 19.1 Å². The summed E-state index contributed by atoms with van der Waals surface area (Å²) >= 11 is 6.14. The quantitative estimate of drug-likeness (QED) is 0.779. The fourth-order valence-electron chi connectivity index (χ4n) is 2.22. The van der Waals surface area contributed by atoms with E-state index in [-0.39, 0.29) is 10.9 Å². The molecule has 1 atom stereocenters. The maximum Gasteiger partial charge on any atom is 0.184 e. The van der Waals surface area contributed by atoms with Crippen molar-refractivity contribution in [3.63, 3.8) is 0 Å². The summed E-state index contributed by atoms with van der Waals surface area (Å²) in [6.45, 7) is 7.15. The van der Waals surface area contributed by atoms with Crippen molar-refractivity contribution in [2.75, 3.05) is 13.6 Å². The molecule has 2 rings (SSSR count). The van der Waals surface area contributed by atoms with Crippen molar-refractivity contribution in [2.45, 2.75) is 38.7 Å². The van der Waals surface area contributed by atoms with Gasteiger partial charge in [-0.3, -0.25) is 0 Å². The number of nitrogens with zero attached hydrogens (tertiary/aromatic N) is 3. The van der Waals surface area contributed by atoms with Gasteiger partial charge in [0.05, 0.1) is 10.9 Å². The lowest BCUT2D eigenvalue weighted by molar-refractivity contribution is 0.262. The van der Waals surface area contributed by atoms with E-state index in [1.165, 1.54) is 6.07 Å². The van der Waals surface area contributed by atoms with Gasteiger partial charge in [0.1, 0.15) is 11.3 Å². The van der Waals surface area contributed by atoms with E-state index in [1.54, 1.807) is 11.5 Å². The van der Waals surface area contributed by atoms with Gasteiger partial charge in [0.15, 0.2) is 11.6 Å². The van der Waals surface area contributed by atoms with Gasteiger partial charge in [-0.15, -0.1) is 11.6 Å². The summed E-state index contributed by atoms with van der Waals surface area (Å²) in [5.41, 5.74) is 0.623. The molecule has 6 heteroatoms. The predicted molar refractivity (Wildman–Crippen MR) is 81.7 cm³/mol. The molecule has 116 valence electrons. The summed E-state index contributed by atoms with van der Waals surface area (Å²) in [6, 6.07) is 2.95. The van der Waals surface area contributed by atoms with Crippen LogP contribution in [-0.4, -0.2) is 34.1 Å². The van der Waals surface area contributed by atoms with Crippen LogP contribution in [-0.2, 0) is 6.54 Å². The van der Waals surface area contributed by atoms with Gasteiger partial charge in [0.25, 0.3) is 0 Å². The zero-order chi connectivity index (χ0) is 15.7. The summed E-state index contributed by atoms with van der Waals surface area (Å²) in [5.74, 6) is -1.17. The molecule has 0 amide bonds. The van der Waals surface area contributed by atoms with E-state index in [1.807, 2.05) is 7.05 Å². The van der Waals surface area contributed by atoms with Gasteiger partial charge in [0.2, 0.25) is 0 Å². The van der Waals surface area contributed by atoms with E-state index < -0.39 is 11.6 Å². The molecule has 1 heterocycles. The Morgan fingerprint density at radius 3 is 2.52 bits per heavy atom. The molecule has 0 aliphatic heterocycles. The molecule has 0 aliphatic carbocycles. The monoisotopic (exact) mass is 315 g/mol. The number of hydrogen-bond donors (Lipinski definition) is 0. The lowest BCUT2D eigenvalue weighted by atomic mass is 10.3.